The molecule has 20 heavy (non-hydrogen) atoms. The zero-order valence-corrected chi connectivity index (χ0v) is 12.0. The third-order valence-electron chi connectivity index (χ3n) is 3.60. The minimum atomic E-state index is -0.536. The lowest BCUT2D eigenvalue weighted by Crippen LogP contribution is -2.41. The highest BCUT2D eigenvalue weighted by atomic mass is 16.5. The van der Waals surface area contributed by atoms with Gasteiger partial charge >= 0.3 is 5.97 Å². The molecule has 1 saturated heterocycles. The number of rotatable bonds is 3. The zero-order chi connectivity index (χ0) is 14.9. The third-order valence-corrected chi connectivity index (χ3v) is 3.60. The van der Waals surface area contributed by atoms with Crippen LogP contribution >= 0.6 is 0 Å². The summed E-state index contributed by atoms with van der Waals surface area (Å²) in [7, 11) is 1.32. The first kappa shape index (κ1) is 14.4. The van der Waals surface area contributed by atoms with Crippen molar-refractivity contribution in [3.63, 3.8) is 0 Å². The molecule has 1 unspecified atom stereocenters. The van der Waals surface area contributed by atoms with Crippen LogP contribution in [0.4, 0.5) is 5.69 Å². The Morgan fingerprint density at radius 1 is 1.50 bits per heavy atom. The summed E-state index contributed by atoms with van der Waals surface area (Å²) in [6.45, 7) is 4.44. The molecule has 1 amide bonds. The summed E-state index contributed by atoms with van der Waals surface area (Å²) in [5.74, 6) is -0.563. The van der Waals surface area contributed by atoms with Gasteiger partial charge in [0.2, 0.25) is 0 Å². The first-order valence-corrected chi connectivity index (χ1v) is 6.69. The number of H-pyrrole nitrogens is 1. The monoisotopic (exact) mass is 280 g/mol. The number of carbonyl (C=O) groups excluding carboxylic acids is 2. The zero-order valence-electron chi connectivity index (χ0n) is 12.0. The molecule has 0 radical (unpaired) electrons. The molecule has 1 aromatic rings. The SMILES string of the molecule is COC(=O)C1CCCN1C(=O)c1n[nH]c(C(C)C)c1N. The van der Waals surface area contributed by atoms with Crippen molar-refractivity contribution < 1.29 is 14.3 Å². The van der Waals surface area contributed by atoms with E-state index in [2.05, 4.69) is 10.2 Å². The second kappa shape index (κ2) is 5.52. The number of ether oxygens (including phenoxy) is 1. The molecule has 1 atom stereocenters. The number of methoxy groups -OCH3 is 1. The summed E-state index contributed by atoms with van der Waals surface area (Å²) >= 11 is 0. The van der Waals surface area contributed by atoms with Gasteiger partial charge in [0.25, 0.3) is 5.91 Å². The average molecular weight is 280 g/mol. The van der Waals surface area contributed by atoms with Gasteiger partial charge in [0.1, 0.15) is 6.04 Å². The maximum atomic E-state index is 12.5. The van der Waals surface area contributed by atoms with E-state index in [1.807, 2.05) is 13.8 Å². The lowest BCUT2D eigenvalue weighted by molar-refractivity contribution is -0.145. The molecule has 0 aromatic carbocycles. The number of amides is 1. The van der Waals surface area contributed by atoms with Gasteiger partial charge in [-0.1, -0.05) is 13.8 Å². The molecular weight excluding hydrogens is 260 g/mol. The van der Waals surface area contributed by atoms with Crippen LogP contribution in [0.25, 0.3) is 0 Å². The third kappa shape index (κ3) is 2.35. The van der Waals surface area contributed by atoms with E-state index in [0.717, 1.165) is 12.1 Å². The van der Waals surface area contributed by atoms with E-state index in [-0.39, 0.29) is 17.5 Å². The van der Waals surface area contributed by atoms with Crippen molar-refractivity contribution in [2.45, 2.75) is 38.6 Å². The van der Waals surface area contributed by atoms with Crippen molar-refractivity contribution in [3.8, 4) is 0 Å². The van der Waals surface area contributed by atoms with E-state index >= 15 is 0 Å². The van der Waals surface area contributed by atoms with Crippen LogP contribution in [0.3, 0.4) is 0 Å². The summed E-state index contributed by atoms with van der Waals surface area (Å²) in [4.78, 5) is 25.7. The first-order valence-electron chi connectivity index (χ1n) is 6.69. The number of nitrogens with one attached hydrogen (secondary N) is 1. The molecule has 1 fully saturated rings. The Labute approximate surface area is 117 Å². The molecule has 110 valence electrons. The summed E-state index contributed by atoms with van der Waals surface area (Å²) < 4.78 is 4.73. The van der Waals surface area contributed by atoms with Crippen LogP contribution in [0.2, 0.25) is 0 Å². The van der Waals surface area contributed by atoms with E-state index in [0.29, 0.717) is 18.7 Å². The quantitative estimate of drug-likeness (QED) is 0.801. The highest BCUT2D eigenvalue weighted by Gasteiger charge is 2.37. The molecule has 1 aromatic heterocycles. The first-order chi connectivity index (χ1) is 9.47. The molecule has 7 nitrogen and oxygen atoms in total. The molecule has 0 bridgehead atoms. The number of hydrogen-bond acceptors (Lipinski definition) is 5. The predicted octanol–water partition coefficient (Wildman–Crippen LogP) is 0.893. The predicted molar refractivity (Wildman–Crippen MR) is 73.2 cm³/mol. The van der Waals surface area contributed by atoms with Gasteiger partial charge in [-0.2, -0.15) is 5.10 Å². The Balaban J connectivity index is 2.25. The van der Waals surface area contributed by atoms with E-state index in [4.69, 9.17) is 10.5 Å². The van der Waals surface area contributed by atoms with Crippen LogP contribution < -0.4 is 5.73 Å². The molecule has 3 N–H and O–H groups in total. The number of aromatic nitrogens is 2. The van der Waals surface area contributed by atoms with E-state index in [1.165, 1.54) is 12.0 Å². The van der Waals surface area contributed by atoms with Crippen LogP contribution in [-0.4, -0.2) is 46.7 Å². The topological polar surface area (TPSA) is 101 Å². The van der Waals surface area contributed by atoms with Gasteiger partial charge in [-0.3, -0.25) is 9.89 Å². The molecule has 2 heterocycles. The van der Waals surface area contributed by atoms with Gasteiger partial charge in [0.15, 0.2) is 5.69 Å². The number of aromatic amines is 1. The summed E-state index contributed by atoms with van der Waals surface area (Å²) in [5.41, 5.74) is 7.25. The Hall–Kier alpha value is -2.05. The van der Waals surface area contributed by atoms with Gasteiger partial charge in [0, 0.05) is 6.54 Å². The van der Waals surface area contributed by atoms with Crippen LogP contribution in [0, 0.1) is 0 Å². The number of anilines is 1. The minimum Gasteiger partial charge on any atom is -0.467 e. The number of nitrogens with zero attached hydrogens (tertiary/aromatic N) is 2. The maximum absolute atomic E-state index is 12.5. The Morgan fingerprint density at radius 3 is 2.75 bits per heavy atom. The van der Waals surface area contributed by atoms with E-state index in [9.17, 15) is 9.59 Å². The molecule has 0 spiro atoms. The molecule has 0 saturated carbocycles. The van der Waals surface area contributed by atoms with Gasteiger partial charge in [-0.05, 0) is 18.8 Å². The van der Waals surface area contributed by atoms with Crippen molar-refractivity contribution in [3.05, 3.63) is 11.4 Å². The van der Waals surface area contributed by atoms with Crippen molar-refractivity contribution in [1.29, 1.82) is 0 Å². The van der Waals surface area contributed by atoms with Crippen LogP contribution in [0.5, 0.6) is 0 Å². The molecular formula is C13H20N4O3. The number of hydrogen-bond donors (Lipinski definition) is 2. The number of likely N-dealkylation sites (tertiary alicyclic amines) is 1. The van der Waals surface area contributed by atoms with Crippen LogP contribution in [0.15, 0.2) is 0 Å². The molecule has 0 aliphatic carbocycles. The fourth-order valence-corrected chi connectivity index (χ4v) is 2.49. The van der Waals surface area contributed by atoms with Gasteiger partial charge in [-0.15, -0.1) is 0 Å². The lowest BCUT2D eigenvalue weighted by Gasteiger charge is -2.21. The number of carbonyl (C=O) groups is 2. The van der Waals surface area contributed by atoms with Gasteiger partial charge in [-0.25, -0.2) is 4.79 Å². The van der Waals surface area contributed by atoms with Crippen molar-refractivity contribution >= 4 is 17.6 Å². The van der Waals surface area contributed by atoms with Crippen molar-refractivity contribution in [1.82, 2.24) is 15.1 Å². The molecule has 2 rings (SSSR count). The van der Waals surface area contributed by atoms with Crippen molar-refractivity contribution in [2.75, 3.05) is 19.4 Å². The largest absolute Gasteiger partial charge is 0.467 e. The van der Waals surface area contributed by atoms with Crippen LogP contribution in [0.1, 0.15) is 48.8 Å². The smallest absolute Gasteiger partial charge is 0.328 e. The normalized spacial score (nSPS) is 18.6. The number of nitrogen functional groups attached to an aromatic ring is 1. The number of nitrogens with two attached hydrogens (primary N) is 1. The lowest BCUT2D eigenvalue weighted by atomic mass is 10.1. The standard InChI is InChI=1S/C13H20N4O3/c1-7(2)10-9(14)11(16-15-10)12(18)17-6-4-5-8(17)13(19)20-3/h7-8H,4-6,14H2,1-3H3,(H,15,16). The highest BCUT2D eigenvalue weighted by Crippen LogP contribution is 2.26. The Bertz CT molecular complexity index is 524. The second-order valence-electron chi connectivity index (χ2n) is 5.23. The van der Waals surface area contributed by atoms with Crippen LogP contribution in [-0.2, 0) is 9.53 Å². The molecule has 1 aliphatic heterocycles. The second-order valence-corrected chi connectivity index (χ2v) is 5.23. The Kier molecular flexibility index (Phi) is 3.96. The fraction of sp³-hybridized carbons (Fsp3) is 0.615. The average Bonchev–Trinajstić information content (AvgIpc) is 3.03. The summed E-state index contributed by atoms with van der Waals surface area (Å²) in [6.07, 6.45) is 1.38. The summed E-state index contributed by atoms with van der Waals surface area (Å²) in [6, 6.07) is -0.536. The minimum absolute atomic E-state index is 0.152. The van der Waals surface area contributed by atoms with Gasteiger partial charge < -0.3 is 15.4 Å². The van der Waals surface area contributed by atoms with Crippen molar-refractivity contribution in [2.24, 2.45) is 0 Å². The van der Waals surface area contributed by atoms with E-state index in [1.54, 1.807) is 0 Å². The van der Waals surface area contributed by atoms with Gasteiger partial charge in [0.05, 0.1) is 18.5 Å². The molecule has 1 aliphatic rings. The van der Waals surface area contributed by atoms with E-state index < -0.39 is 12.0 Å². The highest BCUT2D eigenvalue weighted by molar-refractivity contribution is 6.00. The number of esters is 1. The Morgan fingerprint density at radius 2 is 2.20 bits per heavy atom. The molecule has 7 heteroatoms. The maximum Gasteiger partial charge on any atom is 0.328 e. The fourth-order valence-electron chi connectivity index (χ4n) is 2.49. The summed E-state index contributed by atoms with van der Waals surface area (Å²) in [5, 5.41) is 6.80.